The molecule has 0 radical (unpaired) electrons. The van der Waals surface area contributed by atoms with E-state index in [0.29, 0.717) is 23.4 Å². The zero-order chi connectivity index (χ0) is 20.4. The highest BCUT2D eigenvalue weighted by molar-refractivity contribution is 5.81. The van der Waals surface area contributed by atoms with Crippen molar-refractivity contribution in [1.29, 1.82) is 5.26 Å². The average molecular weight is 393 g/mol. The highest BCUT2D eigenvalue weighted by atomic mass is 19.4. The minimum absolute atomic E-state index is 0.0491. The Morgan fingerprint density at radius 1 is 1.07 bits per heavy atom. The molecule has 29 heavy (non-hydrogen) atoms. The van der Waals surface area contributed by atoms with Crippen molar-refractivity contribution < 1.29 is 13.2 Å². The van der Waals surface area contributed by atoms with Crippen LogP contribution in [0, 0.1) is 11.3 Å². The molecule has 8 heteroatoms. The molecule has 0 fully saturated rings. The second-order valence-electron chi connectivity index (χ2n) is 6.44. The van der Waals surface area contributed by atoms with Crippen LogP contribution >= 0.6 is 0 Å². The summed E-state index contributed by atoms with van der Waals surface area (Å²) in [6.07, 6.45) is 1.03. The number of hydrogen-bond donors (Lipinski definition) is 2. The number of hydrogen-bond acceptors (Lipinski definition) is 4. The van der Waals surface area contributed by atoms with Gasteiger partial charge in [-0.3, -0.25) is 0 Å². The van der Waals surface area contributed by atoms with Crippen LogP contribution in [0.4, 0.5) is 24.7 Å². The minimum Gasteiger partial charge on any atom is -0.346 e. The van der Waals surface area contributed by atoms with E-state index in [-0.39, 0.29) is 5.69 Å². The number of nitrogens with one attached hydrogen (secondary N) is 2. The third-order valence-electron chi connectivity index (χ3n) is 4.46. The average Bonchev–Trinajstić information content (AvgIpc) is 3.11. The number of nitrogens with zero attached hydrogens (tertiary/aromatic N) is 3. The van der Waals surface area contributed by atoms with Crippen molar-refractivity contribution in [2.75, 3.05) is 5.32 Å². The Kier molecular flexibility index (Phi) is 4.64. The Hall–Kier alpha value is -3.86. The van der Waals surface area contributed by atoms with Crippen molar-refractivity contribution in [2.24, 2.45) is 0 Å². The number of H-pyrrole nitrogens is 1. The van der Waals surface area contributed by atoms with E-state index in [1.807, 2.05) is 6.20 Å². The van der Waals surface area contributed by atoms with Gasteiger partial charge in [-0.2, -0.15) is 18.4 Å². The normalized spacial score (nSPS) is 11.4. The molecule has 0 spiro atoms. The minimum atomic E-state index is -4.45. The zero-order valence-corrected chi connectivity index (χ0v) is 15.0. The third kappa shape index (κ3) is 3.89. The summed E-state index contributed by atoms with van der Waals surface area (Å²) in [5.74, 6) is 0.317. The standard InChI is InChI=1S/C21H14F3N5/c22-21(23,24)17-3-1-2-4-18(17)29-19-6-5-13(10-26-19)7-15-12-28-20-16(15)8-14(9-25)11-27-20/h1-6,8,10-12H,7H2,(H,26,29)(H,27,28). The first-order chi connectivity index (χ1) is 13.9. The second kappa shape index (κ2) is 7.28. The van der Waals surface area contributed by atoms with Crippen LogP contribution in [-0.4, -0.2) is 15.0 Å². The molecular weight excluding hydrogens is 379 g/mol. The van der Waals surface area contributed by atoms with E-state index in [1.165, 1.54) is 24.4 Å². The molecule has 0 amide bonds. The molecule has 0 aliphatic carbocycles. The Balaban J connectivity index is 1.55. The fourth-order valence-electron chi connectivity index (χ4n) is 3.07. The predicted octanol–water partition coefficient (Wildman–Crippen LogP) is 5.18. The highest BCUT2D eigenvalue weighted by Gasteiger charge is 2.33. The molecule has 3 heterocycles. The van der Waals surface area contributed by atoms with Crippen LogP contribution in [-0.2, 0) is 12.6 Å². The van der Waals surface area contributed by atoms with Crippen LogP contribution < -0.4 is 5.32 Å². The lowest BCUT2D eigenvalue weighted by atomic mass is 10.1. The van der Waals surface area contributed by atoms with Gasteiger partial charge in [-0.05, 0) is 35.4 Å². The molecule has 4 aromatic rings. The summed E-state index contributed by atoms with van der Waals surface area (Å²) >= 11 is 0. The van der Waals surface area contributed by atoms with Crippen LogP contribution in [0.5, 0.6) is 0 Å². The summed E-state index contributed by atoms with van der Waals surface area (Å²) in [5.41, 5.74) is 2.20. The molecule has 0 bridgehead atoms. The molecule has 0 atom stereocenters. The molecule has 5 nitrogen and oxygen atoms in total. The van der Waals surface area contributed by atoms with Gasteiger partial charge in [0, 0.05) is 30.4 Å². The van der Waals surface area contributed by atoms with Crippen molar-refractivity contribution in [3.8, 4) is 6.07 Å². The van der Waals surface area contributed by atoms with Gasteiger partial charge in [-0.1, -0.05) is 18.2 Å². The summed E-state index contributed by atoms with van der Waals surface area (Å²) < 4.78 is 39.4. The maximum atomic E-state index is 13.1. The molecule has 4 rings (SSSR count). The lowest BCUT2D eigenvalue weighted by Crippen LogP contribution is -2.09. The van der Waals surface area contributed by atoms with Gasteiger partial charge in [0.25, 0.3) is 0 Å². The summed E-state index contributed by atoms with van der Waals surface area (Å²) in [6.45, 7) is 0. The molecule has 0 aliphatic rings. The molecule has 2 N–H and O–H groups in total. The summed E-state index contributed by atoms with van der Waals surface area (Å²) in [5, 5.41) is 12.6. The Morgan fingerprint density at radius 3 is 2.62 bits per heavy atom. The first kappa shape index (κ1) is 18.5. The fraction of sp³-hybridized carbons (Fsp3) is 0.0952. The van der Waals surface area contributed by atoms with Crippen molar-refractivity contribution in [1.82, 2.24) is 15.0 Å². The summed E-state index contributed by atoms with van der Waals surface area (Å²) in [7, 11) is 0. The number of nitriles is 1. The molecule has 0 saturated carbocycles. The number of rotatable bonds is 4. The number of aromatic amines is 1. The molecule has 0 saturated heterocycles. The number of alkyl halides is 3. The van der Waals surface area contributed by atoms with Gasteiger partial charge in [0.05, 0.1) is 16.8 Å². The van der Waals surface area contributed by atoms with Crippen LogP contribution in [0.3, 0.4) is 0 Å². The van der Waals surface area contributed by atoms with Crippen molar-refractivity contribution in [3.05, 3.63) is 83.3 Å². The van der Waals surface area contributed by atoms with Crippen molar-refractivity contribution in [2.45, 2.75) is 12.6 Å². The monoisotopic (exact) mass is 393 g/mol. The molecular formula is C21H14F3N5. The number of pyridine rings is 2. The molecule has 1 aromatic carbocycles. The van der Waals surface area contributed by atoms with Crippen LogP contribution in [0.2, 0.25) is 0 Å². The molecule has 144 valence electrons. The first-order valence-electron chi connectivity index (χ1n) is 8.68. The van der Waals surface area contributed by atoms with Crippen molar-refractivity contribution in [3.63, 3.8) is 0 Å². The van der Waals surface area contributed by atoms with Crippen LogP contribution in [0.1, 0.15) is 22.3 Å². The highest BCUT2D eigenvalue weighted by Crippen LogP contribution is 2.35. The van der Waals surface area contributed by atoms with E-state index in [4.69, 9.17) is 5.26 Å². The topological polar surface area (TPSA) is 77.4 Å². The number of aromatic nitrogens is 3. The summed E-state index contributed by atoms with van der Waals surface area (Å²) in [4.78, 5) is 11.5. The number of anilines is 2. The lowest BCUT2D eigenvalue weighted by Gasteiger charge is -2.14. The van der Waals surface area contributed by atoms with Gasteiger partial charge in [-0.25, -0.2) is 9.97 Å². The van der Waals surface area contributed by atoms with Gasteiger partial charge >= 0.3 is 6.18 Å². The third-order valence-corrected chi connectivity index (χ3v) is 4.46. The number of para-hydroxylation sites is 1. The first-order valence-corrected chi connectivity index (χ1v) is 8.68. The molecule has 0 unspecified atom stereocenters. The fourth-order valence-corrected chi connectivity index (χ4v) is 3.07. The molecule has 0 aliphatic heterocycles. The van der Waals surface area contributed by atoms with E-state index >= 15 is 0 Å². The summed E-state index contributed by atoms with van der Waals surface area (Å²) in [6, 6.07) is 12.5. The largest absolute Gasteiger partial charge is 0.418 e. The predicted molar refractivity (Wildman–Crippen MR) is 103 cm³/mol. The van der Waals surface area contributed by atoms with Gasteiger partial charge in [0.2, 0.25) is 0 Å². The quantitative estimate of drug-likeness (QED) is 0.501. The number of fused-ring (bicyclic) bond motifs is 1. The zero-order valence-electron chi connectivity index (χ0n) is 15.0. The van der Waals surface area contributed by atoms with Crippen LogP contribution in [0.25, 0.3) is 11.0 Å². The maximum absolute atomic E-state index is 13.1. The SMILES string of the molecule is N#Cc1cnc2[nH]cc(Cc3ccc(Nc4ccccc4C(F)(F)F)nc3)c2c1. The second-order valence-corrected chi connectivity index (χ2v) is 6.44. The molecule has 3 aromatic heterocycles. The van der Waals surface area contributed by atoms with Gasteiger partial charge in [0.1, 0.15) is 17.5 Å². The van der Waals surface area contributed by atoms with Gasteiger partial charge < -0.3 is 10.3 Å². The van der Waals surface area contributed by atoms with E-state index in [9.17, 15) is 13.2 Å². The smallest absolute Gasteiger partial charge is 0.346 e. The van der Waals surface area contributed by atoms with Crippen LogP contribution in [0.15, 0.2) is 61.1 Å². The lowest BCUT2D eigenvalue weighted by molar-refractivity contribution is -0.136. The van der Waals surface area contributed by atoms with Gasteiger partial charge in [0.15, 0.2) is 0 Å². The van der Waals surface area contributed by atoms with Gasteiger partial charge in [-0.15, -0.1) is 0 Å². The number of halogens is 3. The Morgan fingerprint density at radius 2 is 1.90 bits per heavy atom. The van der Waals surface area contributed by atoms with E-state index in [1.54, 1.807) is 24.4 Å². The van der Waals surface area contributed by atoms with Crippen molar-refractivity contribution >= 4 is 22.5 Å². The number of benzene rings is 1. The maximum Gasteiger partial charge on any atom is 0.418 e. The van der Waals surface area contributed by atoms with E-state index in [0.717, 1.165) is 22.6 Å². The Labute approximate surface area is 163 Å². The Bertz CT molecular complexity index is 1200. The van der Waals surface area contributed by atoms with E-state index in [2.05, 4.69) is 26.3 Å². The van der Waals surface area contributed by atoms with E-state index < -0.39 is 11.7 Å².